The molecule has 0 radical (unpaired) electrons. The highest BCUT2D eigenvalue weighted by Crippen LogP contribution is 2.21. The lowest BCUT2D eigenvalue weighted by molar-refractivity contribution is 0.556. The maximum absolute atomic E-state index is 5.67. The zero-order valence-corrected chi connectivity index (χ0v) is 9.51. The van der Waals surface area contributed by atoms with Crippen molar-refractivity contribution in [1.82, 2.24) is 4.98 Å². The molecule has 80 valence electrons. The van der Waals surface area contributed by atoms with Gasteiger partial charge in [0.15, 0.2) is 5.58 Å². The molecule has 0 unspecified atom stereocenters. The van der Waals surface area contributed by atoms with Gasteiger partial charge in [-0.2, -0.15) is 11.8 Å². The third kappa shape index (κ3) is 2.45. The molecule has 0 aliphatic rings. The number of nitrogens with zero attached hydrogens (tertiary/aromatic N) is 1. The second kappa shape index (κ2) is 4.57. The Bertz CT molecular complexity index is 453. The molecule has 0 amide bonds. The van der Waals surface area contributed by atoms with Gasteiger partial charge in [0.25, 0.3) is 0 Å². The molecule has 0 aliphatic carbocycles. The molecule has 0 saturated carbocycles. The van der Waals surface area contributed by atoms with Crippen LogP contribution in [0.2, 0.25) is 0 Å². The van der Waals surface area contributed by atoms with Crippen LogP contribution in [0.5, 0.6) is 0 Å². The molecule has 3 nitrogen and oxygen atoms in total. The van der Waals surface area contributed by atoms with Gasteiger partial charge in [-0.3, -0.25) is 0 Å². The quantitative estimate of drug-likeness (QED) is 0.638. The average Bonchev–Trinajstić information content (AvgIpc) is 2.60. The van der Waals surface area contributed by atoms with Gasteiger partial charge < -0.3 is 10.2 Å². The fourth-order valence-corrected chi connectivity index (χ4v) is 2.09. The molecular weight excluding hydrogens is 208 g/mol. The van der Waals surface area contributed by atoms with E-state index >= 15 is 0 Å². The van der Waals surface area contributed by atoms with Crippen molar-refractivity contribution in [2.24, 2.45) is 0 Å². The predicted octanol–water partition coefficient (Wildman–Crippen LogP) is 3.05. The van der Waals surface area contributed by atoms with Crippen molar-refractivity contribution in [2.45, 2.75) is 19.1 Å². The lowest BCUT2D eigenvalue weighted by Gasteiger charge is -1.92. The Morgan fingerprint density at radius 3 is 3.13 bits per heavy atom. The zero-order chi connectivity index (χ0) is 10.7. The highest BCUT2D eigenvalue weighted by Gasteiger charge is 2.05. The Morgan fingerprint density at radius 1 is 1.47 bits per heavy atom. The van der Waals surface area contributed by atoms with Gasteiger partial charge in [-0.25, -0.2) is 4.98 Å². The van der Waals surface area contributed by atoms with E-state index in [2.05, 4.69) is 11.9 Å². The molecule has 1 aromatic heterocycles. The minimum absolute atomic E-state index is 0.726. The number of thioether (sulfide) groups is 1. The zero-order valence-electron chi connectivity index (χ0n) is 8.69. The number of hydrogen-bond donors (Lipinski definition) is 1. The highest BCUT2D eigenvalue weighted by molar-refractivity contribution is 7.98. The molecule has 15 heavy (non-hydrogen) atoms. The smallest absolute Gasteiger partial charge is 0.205 e. The molecule has 1 heterocycles. The summed E-state index contributed by atoms with van der Waals surface area (Å²) in [5.41, 5.74) is 8.06. The number of fused-ring (bicyclic) bond motifs is 1. The van der Waals surface area contributed by atoms with Crippen molar-refractivity contribution >= 4 is 28.5 Å². The second-order valence-electron chi connectivity index (χ2n) is 3.39. The number of aromatic nitrogens is 1. The van der Waals surface area contributed by atoms with Gasteiger partial charge in [-0.15, -0.1) is 0 Å². The van der Waals surface area contributed by atoms with E-state index in [9.17, 15) is 0 Å². The maximum Gasteiger partial charge on any atom is 0.205 e. The van der Waals surface area contributed by atoms with Crippen LogP contribution in [-0.4, -0.2) is 10.7 Å². The molecule has 2 aromatic rings. The van der Waals surface area contributed by atoms with E-state index in [1.54, 1.807) is 0 Å². The lowest BCUT2D eigenvalue weighted by Crippen LogP contribution is -1.83. The van der Waals surface area contributed by atoms with Gasteiger partial charge in [0.1, 0.15) is 5.52 Å². The van der Waals surface area contributed by atoms with Crippen LogP contribution in [0.15, 0.2) is 22.6 Å². The van der Waals surface area contributed by atoms with Crippen molar-refractivity contribution in [3.05, 3.63) is 24.1 Å². The second-order valence-corrected chi connectivity index (χ2v) is 4.49. The Morgan fingerprint density at radius 2 is 2.33 bits per heavy atom. The number of benzene rings is 1. The topological polar surface area (TPSA) is 52.0 Å². The largest absolute Gasteiger partial charge is 0.440 e. The summed E-state index contributed by atoms with van der Waals surface area (Å²) in [7, 11) is 0. The van der Waals surface area contributed by atoms with E-state index in [-0.39, 0.29) is 0 Å². The van der Waals surface area contributed by atoms with Gasteiger partial charge in [-0.05, 0) is 30.4 Å². The molecule has 0 saturated heterocycles. The van der Waals surface area contributed by atoms with Crippen molar-refractivity contribution in [3.8, 4) is 0 Å². The lowest BCUT2D eigenvalue weighted by atomic mass is 10.3. The number of oxazole rings is 1. The summed E-state index contributed by atoms with van der Waals surface area (Å²) >= 11 is 1.84. The van der Waals surface area contributed by atoms with Crippen LogP contribution >= 0.6 is 11.8 Å². The van der Waals surface area contributed by atoms with Crippen LogP contribution in [0.1, 0.15) is 19.2 Å². The summed E-state index contributed by atoms with van der Waals surface area (Å²) in [6.45, 7) is 2.17. The third-order valence-electron chi connectivity index (χ3n) is 2.03. The summed E-state index contributed by atoms with van der Waals surface area (Å²) < 4.78 is 5.58. The molecule has 2 rings (SSSR count). The minimum atomic E-state index is 0.726. The third-order valence-corrected chi connectivity index (χ3v) is 3.18. The fourth-order valence-electron chi connectivity index (χ4n) is 1.36. The molecular formula is C11H14N2OS. The summed E-state index contributed by atoms with van der Waals surface area (Å²) in [5.74, 6) is 2.76. The van der Waals surface area contributed by atoms with Crippen LogP contribution in [0.3, 0.4) is 0 Å². The first-order valence-electron chi connectivity index (χ1n) is 5.02. The molecule has 0 fully saturated rings. The number of hydrogen-bond acceptors (Lipinski definition) is 4. The Balaban J connectivity index is 2.16. The number of nitrogens with two attached hydrogens (primary N) is 1. The van der Waals surface area contributed by atoms with E-state index in [4.69, 9.17) is 10.2 Å². The Hall–Kier alpha value is -1.16. The Labute approximate surface area is 93.0 Å². The van der Waals surface area contributed by atoms with Crippen molar-refractivity contribution in [2.75, 3.05) is 11.5 Å². The molecule has 0 bridgehead atoms. The summed E-state index contributed by atoms with van der Waals surface area (Å²) in [6, 6.07) is 5.54. The fraction of sp³-hybridized carbons (Fsp3) is 0.364. The van der Waals surface area contributed by atoms with Crippen molar-refractivity contribution in [1.29, 1.82) is 0 Å². The average molecular weight is 222 g/mol. The first-order chi connectivity index (χ1) is 7.29. The van der Waals surface area contributed by atoms with Crippen LogP contribution < -0.4 is 5.73 Å². The van der Waals surface area contributed by atoms with E-state index in [1.165, 1.54) is 6.42 Å². The number of anilines is 1. The van der Waals surface area contributed by atoms with Gasteiger partial charge in [0, 0.05) is 5.69 Å². The molecule has 0 spiro atoms. The monoisotopic (exact) mass is 222 g/mol. The van der Waals surface area contributed by atoms with Gasteiger partial charge >= 0.3 is 0 Å². The predicted molar refractivity (Wildman–Crippen MR) is 64.9 cm³/mol. The Kier molecular flexibility index (Phi) is 3.16. The standard InChI is InChI=1S/C11H14N2OS/c1-2-5-15-7-11-13-9-6-8(12)3-4-10(9)14-11/h3-4,6H,2,5,7,12H2,1H3. The molecule has 4 heteroatoms. The maximum atomic E-state index is 5.67. The van der Waals surface area contributed by atoms with Crippen molar-refractivity contribution in [3.63, 3.8) is 0 Å². The normalized spacial score (nSPS) is 11.0. The SMILES string of the molecule is CCCSCc1nc2cc(N)ccc2o1. The number of nitrogen functional groups attached to an aromatic ring is 1. The number of rotatable bonds is 4. The van der Waals surface area contributed by atoms with Crippen LogP contribution in [0, 0.1) is 0 Å². The van der Waals surface area contributed by atoms with E-state index < -0.39 is 0 Å². The first-order valence-corrected chi connectivity index (χ1v) is 6.17. The summed E-state index contributed by atoms with van der Waals surface area (Å²) in [6.07, 6.45) is 1.18. The highest BCUT2D eigenvalue weighted by atomic mass is 32.2. The van der Waals surface area contributed by atoms with Crippen LogP contribution in [0.25, 0.3) is 11.1 Å². The molecule has 0 aliphatic heterocycles. The van der Waals surface area contributed by atoms with Gasteiger partial charge in [-0.1, -0.05) is 6.92 Å². The minimum Gasteiger partial charge on any atom is -0.440 e. The van der Waals surface area contributed by atoms with Gasteiger partial charge in [0.2, 0.25) is 5.89 Å². The van der Waals surface area contributed by atoms with E-state index in [0.29, 0.717) is 0 Å². The van der Waals surface area contributed by atoms with Crippen LogP contribution in [0.4, 0.5) is 5.69 Å². The van der Waals surface area contributed by atoms with Crippen molar-refractivity contribution < 1.29 is 4.42 Å². The van der Waals surface area contributed by atoms with Crippen LogP contribution in [-0.2, 0) is 5.75 Å². The van der Waals surface area contributed by atoms with Gasteiger partial charge in [0.05, 0.1) is 5.75 Å². The van der Waals surface area contributed by atoms with E-state index in [0.717, 1.165) is 34.2 Å². The molecule has 2 N–H and O–H groups in total. The summed E-state index contributed by atoms with van der Waals surface area (Å²) in [5, 5.41) is 0. The first kappa shape index (κ1) is 10.4. The molecule has 0 atom stereocenters. The molecule has 1 aromatic carbocycles. The van der Waals surface area contributed by atoms with E-state index in [1.807, 2.05) is 30.0 Å². The summed E-state index contributed by atoms with van der Waals surface area (Å²) in [4.78, 5) is 4.38.